The van der Waals surface area contributed by atoms with Gasteiger partial charge in [0.15, 0.2) is 5.13 Å². The van der Waals surface area contributed by atoms with Crippen molar-refractivity contribution in [3.8, 4) is 0 Å². The molecule has 4 nitrogen and oxygen atoms in total. The number of nitrogens with one attached hydrogen (secondary N) is 1. The van der Waals surface area contributed by atoms with E-state index in [1.54, 1.807) is 11.3 Å². The van der Waals surface area contributed by atoms with Gasteiger partial charge in [0.05, 0.1) is 12.2 Å². The molecule has 1 aromatic rings. The molecule has 1 N–H and O–H groups in total. The number of nitrogens with zero attached hydrogens (tertiary/aromatic N) is 2. The summed E-state index contributed by atoms with van der Waals surface area (Å²) in [7, 11) is 0. The van der Waals surface area contributed by atoms with E-state index in [2.05, 4.69) is 42.9 Å². The predicted molar refractivity (Wildman–Crippen MR) is 76.4 cm³/mol. The van der Waals surface area contributed by atoms with Crippen LogP contribution in [0.4, 0.5) is 5.13 Å². The SMILES string of the molecule is CCNC(C)c1cnc(N2CCOC(C)(C)C2)s1. The molecule has 1 aromatic heterocycles. The maximum absolute atomic E-state index is 5.73. The van der Waals surface area contributed by atoms with Crippen molar-refractivity contribution in [2.45, 2.75) is 39.3 Å². The van der Waals surface area contributed by atoms with E-state index in [4.69, 9.17) is 4.74 Å². The van der Waals surface area contributed by atoms with Crippen molar-refractivity contribution < 1.29 is 4.74 Å². The highest BCUT2D eigenvalue weighted by molar-refractivity contribution is 7.15. The summed E-state index contributed by atoms with van der Waals surface area (Å²) in [6.45, 7) is 12.2. The molecule has 1 unspecified atom stereocenters. The zero-order valence-electron chi connectivity index (χ0n) is 11.7. The van der Waals surface area contributed by atoms with Gasteiger partial charge in [0, 0.05) is 30.2 Å². The molecule has 1 aliphatic rings. The summed E-state index contributed by atoms with van der Waals surface area (Å²) in [6.07, 6.45) is 2.00. The molecular formula is C13H23N3OS. The molecule has 1 fully saturated rings. The van der Waals surface area contributed by atoms with Crippen LogP contribution in [0.2, 0.25) is 0 Å². The van der Waals surface area contributed by atoms with Gasteiger partial charge in [-0.1, -0.05) is 6.92 Å². The number of hydrogen-bond acceptors (Lipinski definition) is 5. The first-order valence-corrected chi connectivity index (χ1v) is 7.41. The van der Waals surface area contributed by atoms with Crippen LogP contribution in [-0.4, -0.2) is 36.8 Å². The normalized spacial score (nSPS) is 21.0. The van der Waals surface area contributed by atoms with Crippen LogP contribution in [0.3, 0.4) is 0 Å². The first-order valence-electron chi connectivity index (χ1n) is 6.60. The van der Waals surface area contributed by atoms with Gasteiger partial charge in [-0.15, -0.1) is 11.3 Å². The Morgan fingerprint density at radius 3 is 3.06 bits per heavy atom. The molecule has 0 saturated carbocycles. The lowest BCUT2D eigenvalue weighted by atomic mass is 10.1. The molecule has 1 aliphatic heterocycles. The van der Waals surface area contributed by atoms with Gasteiger partial charge in [0.25, 0.3) is 0 Å². The van der Waals surface area contributed by atoms with Gasteiger partial charge in [0.2, 0.25) is 0 Å². The van der Waals surface area contributed by atoms with Crippen LogP contribution < -0.4 is 10.2 Å². The molecule has 5 heteroatoms. The van der Waals surface area contributed by atoms with Crippen molar-refractivity contribution in [3.63, 3.8) is 0 Å². The van der Waals surface area contributed by atoms with Crippen LogP contribution in [0, 0.1) is 0 Å². The topological polar surface area (TPSA) is 37.4 Å². The summed E-state index contributed by atoms with van der Waals surface area (Å²) in [5.41, 5.74) is -0.0721. The fraction of sp³-hybridized carbons (Fsp3) is 0.769. The van der Waals surface area contributed by atoms with E-state index in [1.807, 2.05) is 6.20 Å². The van der Waals surface area contributed by atoms with Gasteiger partial charge >= 0.3 is 0 Å². The third-order valence-electron chi connectivity index (χ3n) is 3.14. The van der Waals surface area contributed by atoms with Crippen LogP contribution in [-0.2, 0) is 4.74 Å². The fourth-order valence-electron chi connectivity index (χ4n) is 2.21. The van der Waals surface area contributed by atoms with Gasteiger partial charge in [-0.2, -0.15) is 0 Å². The van der Waals surface area contributed by atoms with Crippen LogP contribution in [0.1, 0.15) is 38.6 Å². The number of aromatic nitrogens is 1. The summed E-state index contributed by atoms with van der Waals surface area (Å²) < 4.78 is 5.73. The Balaban J connectivity index is 2.05. The van der Waals surface area contributed by atoms with E-state index >= 15 is 0 Å². The average molecular weight is 269 g/mol. The van der Waals surface area contributed by atoms with Crippen molar-refractivity contribution in [2.75, 3.05) is 31.1 Å². The van der Waals surface area contributed by atoms with Crippen LogP contribution >= 0.6 is 11.3 Å². The Morgan fingerprint density at radius 2 is 2.39 bits per heavy atom. The molecule has 2 rings (SSSR count). The van der Waals surface area contributed by atoms with E-state index in [0.29, 0.717) is 6.04 Å². The Bertz CT molecular complexity index is 391. The van der Waals surface area contributed by atoms with E-state index in [-0.39, 0.29) is 5.60 Å². The highest BCUT2D eigenvalue weighted by Crippen LogP contribution is 2.29. The Hall–Kier alpha value is -0.650. The number of rotatable bonds is 4. The van der Waals surface area contributed by atoms with Crippen LogP contribution in [0.5, 0.6) is 0 Å². The zero-order valence-corrected chi connectivity index (χ0v) is 12.5. The van der Waals surface area contributed by atoms with Crippen molar-refractivity contribution >= 4 is 16.5 Å². The number of hydrogen-bond donors (Lipinski definition) is 1. The summed E-state index contributed by atoms with van der Waals surface area (Å²) in [6, 6.07) is 0.385. The number of anilines is 1. The second-order valence-corrected chi connectivity index (χ2v) is 6.39. The van der Waals surface area contributed by atoms with Gasteiger partial charge in [-0.25, -0.2) is 4.98 Å². The Morgan fingerprint density at radius 1 is 1.61 bits per heavy atom. The summed E-state index contributed by atoms with van der Waals surface area (Å²) in [5, 5.41) is 4.54. The fourth-order valence-corrected chi connectivity index (χ4v) is 3.18. The van der Waals surface area contributed by atoms with Crippen molar-refractivity contribution in [2.24, 2.45) is 0 Å². The Labute approximate surface area is 113 Å². The number of ether oxygens (including phenoxy) is 1. The van der Waals surface area contributed by atoms with E-state index in [9.17, 15) is 0 Å². The maximum Gasteiger partial charge on any atom is 0.185 e. The van der Waals surface area contributed by atoms with Gasteiger partial charge in [0.1, 0.15) is 0 Å². The minimum atomic E-state index is -0.0721. The minimum absolute atomic E-state index is 0.0721. The molecule has 18 heavy (non-hydrogen) atoms. The van der Waals surface area contributed by atoms with Crippen molar-refractivity contribution in [1.82, 2.24) is 10.3 Å². The highest BCUT2D eigenvalue weighted by atomic mass is 32.1. The Kier molecular flexibility index (Phi) is 4.25. The van der Waals surface area contributed by atoms with E-state index in [0.717, 1.165) is 31.4 Å². The largest absolute Gasteiger partial charge is 0.372 e. The molecule has 0 bridgehead atoms. The molecule has 0 aromatic carbocycles. The lowest BCUT2D eigenvalue weighted by Gasteiger charge is -2.38. The molecule has 1 atom stereocenters. The summed E-state index contributed by atoms with van der Waals surface area (Å²) >= 11 is 1.78. The predicted octanol–water partition coefficient (Wildman–Crippen LogP) is 2.43. The van der Waals surface area contributed by atoms with Gasteiger partial charge in [-0.3, -0.25) is 0 Å². The first-order chi connectivity index (χ1) is 8.52. The second kappa shape index (κ2) is 5.55. The molecule has 102 valence electrons. The molecule has 1 saturated heterocycles. The van der Waals surface area contributed by atoms with Crippen LogP contribution in [0.15, 0.2) is 6.20 Å². The van der Waals surface area contributed by atoms with E-state index in [1.165, 1.54) is 4.88 Å². The molecule has 0 radical (unpaired) electrons. The minimum Gasteiger partial charge on any atom is -0.372 e. The maximum atomic E-state index is 5.73. The number of morpholine rings is 1. The quantitative estimate of drug-likeness (QED) is 0.911. The van der Waals surface area contributed by atoms with Crippen molar-refractivity contribution in [3.05, 3.63) is 11.1 Å². The second-order valence-electron chi connectivity index (χ2n) is 5.35. The monoisotopic (exact) mass is 269 g/mol. The van der Waals surface area contributed by atoms with Gasteiger partial charge in [-0.05, 0) is 27.3 Å². The third kappa shape index (κ3) is 3.22. The van der Waals surface area contributed by atoms with E-state index < -0.39 is 0 Å². The smallest absolute Gasteiger partial charge is 0.185 e. The zero-order chi connectivity index (χ0) is 13.2. The van der Waals surface area contributed by atoms with Crippen molar-refractivity contribution in [1.29, 1.82) is 0 Å². The molecule has 0 aliphatic carbocycles. The average Bonchev–Trinajstić information content (AvgIpc) is 2.77. The molecule has 2 heterocycles. The molecular weight excluding hydrogens is 246 g/mol. The lowest BCUT2D eigenvalue weighted by Crippen LogP contribution is -2.48. The van der Waals surface area contributed by atoms with Gasteiger partial charge < -0.3 is 15.0 Å². The first kappa shape index (κ1) is 13.8. The standard InChI is InChI=1S/C13H23N3OS/c1-5-14-10(2)11-8-15-12(18-11)16-6-7-17-13(3,4)9-16/h8,10,14H,5-7,9H2,1-4H3. The number of thiazole rings is 1. The molecule has 0 amide bonds. The summed E-state index contributed by atoms with van der Waals surface area (Å²) in [5.74, 6) is 0. The highest BCUT2D eigenvalue weighted by Gasteiger charge is 2.28. The van der Waals surface area contributed by atoms with Crippen LogP contribution in [0.25, 0.3) is 0 Å². The molecule has 0 spiro atoms. The third-order valence-corrected chi connectivity index (χ3v) is 4.39. The lowest BCUT2D eigenvalue weighted by molar-refractivity contribution is -0.0277. The summed E-state index contributed by atoms with van der Waals surface area (Å²) in [4.78, 5) is 8.19.